The van der Waals surface area contributed by atoms with Crippen molar-refractivity contribution in [2.24, 2.45) is 5.41 Å². The lowest BCUT2D eigenvalue weighted by Crippen LogP contribution is -2.14. The van der Waals surface area contributed by atoms with Gasteiger partial charge in [-0.15, -0.1) is 0 Å². The lowest BCUT2D eigenvalue weighted by molar-refractivity contribution is 0.0696. The van der Waals surface area contributed by atoms with E-state index in [-0.39, 0.29) is 5.41 Å². The summed E-state index contributed by atoms with van der Waals surface area (Å²) in [6.07, 6.45) is 1.05. The number of carbonyl (C=O) groups is 1. The minimum atomic E-state index is -0.873. The molecule has 17 heavy (non-hydrogen) atoms. The van der Waals surface area contributed by atoms with Crippen molar-refractivity contribution < 1.29 is 9.90 Å². The van der Waals surface area contributed by atoms with Crippen molar-refractivity contribution in [1.82, 2.24) is 0 Å². The standard InChI is InChI=1S/C14H21NO2/c1-10-11(13(16)17)6-5-7-12(10)15-9-8-14(2,3)4/h5-7,15H,8-9H2,1-4H3,(H,16,17). The molecule has 0 saturated carbocycles. The third kappa shape index (κ3) is 4.10. The Morgan fingerprint density at radius 1 is 1.35 bits per heavy atom. The summed E-state index contributed by atoms with van der Waals surface area (Å²) in [4.78, 5) is 11.0. The van der Waals surface area contributed by atoms with Crippen LogP contribution < -0.4 is 5.32 Å². The zero-order valence-electron chi connectivity index (χ0n) is 11.0. The maximum absolute atomic E-state index is 11.0. The zero-order valence-corrected chi connectivity index (χ0v) is 11.0. The van der Waals surface area contributed by atoms with E-state index >= 15 is 0 Å². The smallest absolute Gasteiger partial charge is 0.336 e. The molecule has 1 aromatic carbocycles. The van der Waals surface area contributed by atoms with Crippen LogP contribution in [0, 0.1) is 12.3 Å². The first kappa shape index (κ1) is 13.6. The number of nitrogens with one attached hydrogen (secondary N) is 1. The van der Waals surface area contributed by atoms with Crippen LogP contribution in [-0.4, -0.2) is 17.6 Å². The Labute approximate surface area is 103 Å². The van der Waals surface area contributed by atoms with Crippen molar-refractivity contribution in [2.75, 3.05) is 11.9 Å². The number of carboxylic acids is 1. The average Bonchev–Trinajstić information content (AvgIpc) is 2.18. The number of carboxylic acid groups (broad SMARTS) is 1. The zero-order chi connectivity index (χ0) is 13.1. The molecule has 0 aromatic heterocycles. The Balaban J connectivity index is 2.72. The van der Waals surface area contributed by atoms with Crippen molar-refractivity contribution >= 4 is 11.7 Å². The Kier molecular flexibility index (Phi) is 4.16. The third-order valence-electron chi connectivity index (χ3n) is 2.75. The van der Waals surface area contributed by atoms with Gasteiger partial charge in [-0.25, -0.2) is 4.79 Å². The summed E-state index contributed by atoms with van der Waals surface area (Å²) in [7, 11) is 0. The van der Waals surface area contributed by atoms with Gasteiger partial charge in [-0.3, -0.25) is 0 Å². The van der Waals surface area contributed by atoms with Crippen molar-refractivity contribution in [3.63, 3.8) is 0 Å². The summed E-state index contributed by atoms with van der Waals surface area (Å²) in [5.41, 5.74) is 2.36. The largest absolute Gasteiger partial charge is 0.478 e. The highest BCUT2D eigenvalue weighted by atomic mass is 16.4. The number of anilines is 1. The molecule has 94 valence electrons. The molecule has 3 nitrogen and oxygen atoms in total. The molecule has 0 aliphatic heterocycles. The van der Waals surface area contributed by atoms with Gasteiger partial charge < -0.3 is 10.4 Å². The molecule has 0 radical (unpaired) electrons. The number of hydrogen-bond donors (Lipinski definition) is 2. The Hall–Kier alpha value is -1.51. The molecule has 0 saturated heterocycles. The molecule has 0 atom stereocenters. The SMILES string of the molecule is Cc1c(NCCC(C)(C)C)cccc1C(=O)O. The van der Waals surface area contributed by atoms with Crippen molar-refractivity contribution in [2.45, 2.75) is 34.1 Å². The Morgan fingerprint density at radius 3 is 2.53 bits per heavy atom. The minimum absolute atomic E-state index is 0.283. The van der Waals surface area contributed by atoms with Gasteiger partial charge in [0, 0.05) is 12.2 Å². The predicted molar refractivity (Wildman–Crippen MR) is 70.7 cm³/mol. The van der Waals surface area contributed by atoms with E-state index in [9.17, 15) is 4.79 Å². The monoisotopic (exact) mass is 235 g/mol. The second-order valence-corrected chi connectivity index (χ2v) is 5.52. The summed E-state index contributed by atoms with van der Waals surface area (Å²) in [5.74, 6) is -0.873. The van der Waals surface area contributed by atoms with E-state index in [4.69, 9.17) is 5.11 Å². The highest BCUT2D eigenvalue weighted by molar-refractivity contribution is 5.91. The van der Waals surface area contributed by atoms with Gasteiger partial charge in [-0.05, 0) is 36.5 Å². The molecule has 0 aliphatic rings. The van der Waals surface area contributed by atoms with E-state index in [0.29, 0.717) is 5.56 Å². The topological polar surface area (TPSA) is 49.3 Å². The highest BCUT2D eigenvalue weighted by Crippen LogP contribution is 2.21. The molecule has 1 aromatic rings. The quantitative estimate of drug-likeness (QED) is 0.839. The van der Waals surface area contributed by atoms with E-state index in [2.05, 4.69) is 26.1 Å². The number of rotatable bonds is 4. The lowest BCUT2D eigenvalue weighted by atomic mass is 9.92. The summed E-state index contributed by atoms with van der Waals surface area (Å²) in [5, 5.41) is 12.3. The molecular formula is C14H21NO2. The van der Waals surface area contributed by atoms with Crippen LogP contribution in [0.5, 0.6) is 0 Å². The van der Waals surface area contributed by atoms with Crippen LogP contribution in [0.4, 0.5) is 5.69 Å². The molecule has 0 fully saturated rings. The fraction of sp³-hybridized carbons (Fsp3) is 0.500. The molecule has 0 amide bonds. The second kappa shape index (κ2) is 5.21. The van der Waals surface area contributed by atoms with Crippen LogP contribution in [0.15, 0.2) is 18.2 Å². The van der Waals surface area contributed by atoms with Crippen LogP contribution >= 0.6 is 0 Å². The van der Waals surface area contributed by atoms with Gasteiger partial charge in [0.15, 0.2) is 0 Å². The van der Waals surface area contributed by atoms with Crippen LogP contribution in [-0.2, 0) is 0 Å². The van der Waals surface area contributed by atoms with Gasteiger partial charge >= 0.3 is 5.97 Å². The molecular weight excluding hydrogens is 214 g/mol. The molecule has 0 heterocycles. The van der Waals surface area contributed by atoms with Gasteiger partial charge in [0.05, 0.1) is 5.56 Å². The first-order chi connectivity index (χ1) is 7.81. The van der Waals surface area contributed by atoms with E-state index in [1.165, 1.54) is 0 Å². The van der Waals surface area contributed by atoms with Gasteiger partial charge in [0.1, 0.15) is 0 Å². The van der Waals surface area contributed by atoms with Gasteiger partial charge in [-0.1, -0.05) is 26.8 Å². The van der Waals surface area contributed by atoms with Crippen molar-refractivity contribution in [3.8, 4) is 0 Å². The fourth-order valence-electron chi connectivity index (χ4n) is 1.63. The predicted octanol–water partition coefficient (Wildman–Crippen LogP) is 3.54. The first-order valence-electron chi connectivity index (χ1n) is 5.88. The molecule has 3 heteroatoms. The second-order valence-electron chi connectivity index (χ2n) is 5.52. The molecule has 1 rings (SSSR count). The summed E-state index contributed by atoms with van der Waals surface area (Å²) >= 11 is 0. The van der Waals surface area contributed by atoms with E-state index in [1.807, 2.05) is 13.0 Å². The van der Waals surface area contributed by atoms with Crippen LogP contribution in [0.2, 0.25) is 0 Å². The number of benzene rings is 1. The molecule has 2 N–H and O–H groups in total. The van der Waals surface area contributed by atoms with E-state index < -0.39 is 5.97 Å². The number of aromatic carboxylic acids is 1. The summed E-state index contributed by atoms with van der Waals surface area (Å²) in [6, 6.07) is 5.33. The molecule has 0 bridgehead atoms. The maximum atomic E-state index is 11.0. The number of hydrogen-bond acceptors (Lipinski definition) is 2. The van der Waals surface area contributed by atoms with Crippen molar-refractivity contribution in [1.29, 1.82) is 0 Å². The fourth-order valence-corrected chi connectivity index (χ4v) is 1.63. The Morgan fingerprint density at radius 2 is 2.00 bits per heavy atom. The van der Waals surface area contributed by atoms with Gasteiger partial charge in [-0.2, -0.15) is 0 Å². The normalized spacial score (nSPS) is 11.3. The molecule has 0 unspecified atom stereocenters. The van der Waals surface area contributed by atoms with Gasteiger partial charge in [0.2, 0.25) is 0 Å². The minimum Gasteiger partial charge on any atom is -0.478 e. The third-order valence-corrected chi connectivity index (χ3v) is 2.75. The van der Waals surface area contributed by atoms with E-state index in [0.717, 1.165) is 24.2 Å². The van der Waals surface area contributed by atoms with Crippen LogP contribution in [0.25, 0.3) is 0 Å². The molecule has 0 aliphatic carbocycles. The molecule has 0 spiro atoms. The van der Waals surface area contributed by atoms with Gasteiger partial charge in [0.25, 0.3) is 0 Å². The average molecular weight is 235 g/mol. The highest BCUT2D eigenvalue weighted by Gasteiger charge is 2.12. The first-order valence-corrected chi connectivity index (χ1v) is 5.88. The van der Waals surface area contributed by atoms with E-state index in [1.54, 1.807) is 12.1 Å². The van der Waals surface area contributed by atoms with Crippen LogP contribution in [0.3, 0.4) is 0 Å². The lowest BCUT2D eigenvalue weighted by Gasteiger charge is -2.19. The van der Waals surface area contributed by atoms with Crippen molar-refractivity contribution in [3.05, 3.63) is 29.3 Å². The van der Waals surface area contributed by atoms with Crippen LogP contribution in [0.1, 0.15) is 43.1 Å². The Bertz CT molecular complexity index is 405. The maximum Gasteiger partial charge on any atom is 0.336 e. The summed E-state index contributed by atoms with van der Waals surface area (Å²) in [6.45, 7) is 9.26. The summed E-state index contributed by atoms with van der Waals surface area (Å²) < 4.78 is 0.